The van der Waals surface area contributed by atoms with Crippen molar-refractivity contribution in [3.63, 3.8) is 0 Å². The van der Waals surface area contributed by atoms with Crippen molar-refractivity contribution in [3.8, 4) is 11.4 Å². The molecule has 1 aromatic heterocycles. The summed E-state index contributed by atoms with van der Waals surface area (Å²) in [4.78, 5) is 14.2. The maximum absolute atomic E-state index is 5.65. The molecule has 1 heterocycles. The van der Waals surface area contributed by atoms with E-state index in [1.807, 2.05) is 26.2 Å². The number of rotatable bonds is 2. The molecule has 0 radical (unpaired) electrons. The van der Waals surface area contributed by atoms with E-state index < -0.39 is 0 Å². The summed E-state index contributed by atoms with van der Waals surface area (Å²) >= 11 is 0. The summed E-state index contributed by atoms with van der Waals surface area (Å²) in [7, 11) is 3.70. The molecule has 88 valence electrons. The van der Waals surface area contributed by atoms with Crippen molar-refractivity contribution in [2.24, 2.45) is 0 Å². The van der Waals surface area contributed by atoms with Crippen molar-refractivity contribution in [1.29, 1.82) is 0 Å². The van der Waals surface area contributed by atoms with Gasteiger partial charge in [-0.1, -0.05) is 0 Å². The molecule has 2 rings (SSSR count). The van der Waals surface area contributed by atoms with E-state index in [1.54, 1.807) is 17.0 Å². The van der Waals surface area contributed by atoms with E-state index in [1.165, 1.54) is 0 Å². The van der Waals surface area contributed by atoms with E-state index >= 15 is 0 Å². The van der Waals surface area contributed by atoms with E-state index in [4.69, 9.17) is 11.5 Å². The lowest BCUT2D eigenvalue weighted by Gasteiger charge is -2.11. The van der Waals surface area contributed by atoms with Crippen LogP contribution in [0.4, 0.5) is 17.6 Å². The zero-order valence-electron chi connectivity index (χ0n) is 9.75. The lowest BCUT2D eigenvalue weighted by atomic mass is 10.2. The van der Waals surface area contributed by atoms with Gasteiger partial charge in [0.25, 0.3) is 0 Å². The first kappa shape index (κ1) is 11.1. The number of nitrogens with zero attached hydrogens (tertiary/aromatic N) is 4. The number of benzene rings is 1. The predicted molar refractivity (Wildman–Crippen MR) is 68.4 cm³/mol. The van der Waals surface area contributed by atoms with E-state index in [0.29, 0.717) is 17.5 Å². The molecule has 0 fully saturated rings. The Morgan fingerprint density at radius 1 is 0.941 bits per heavy atom. The van der Waals surface area contributed by atoms with Crippen molar-refractivity contribution in [1.82, 2.24) is 15.0 Å². The second-order valence-electron chi connectivity index (χ2n) is 3.83. The van der Waals surface area contributed by atoms with Gasteiger partial charge >= 0.3 is 0 Å². The molecule has 0 aliphatic carbocycles. The van der Waals surface area contributed by atoms with Gasteiger partial charge < -0.3 is 16.4 Å². The van der Waals surface area contributed by atoms with Crippen LogP contribution in [0.25, 0.3) is 11.4 Å². The molecule has 4 N–H and O–H groups in total. The minimum atomic E-state index is 0.204. The highest BCUT2D eigenvalue weighted by atomic mass is 15.3. The highest BCUT2D eigenvalue weighted by Gasteiger charge is 2.07. The molecule has 6 nitrogen and oxygen atoms in total. The van der Waals surface area contributed by atoms with Crippen LogP contribution in [0.2, 0.25) is 0 Å². The molecule has 0 spiro atoms. The predicted octanol–water partition coefficient (Wildman–Crippen LogP) is 0.769. The van der Waals surface area contributed by atoms with Crippen molar-refractivity contribution >= 4 is 17.6 Å². The standard InChI is InChI=1S/C11H14N6/c1-17(2)11-15-9(14-10(13)16-11)7-3-5-8(12)6-4-7/h3-6H,12H2,1-2H3,(H2,13,14,15,16). The molecule has 1 aromatic carbocycles. The van der Waals surface area contributed by atoms with Crippen LogP contribution < -0.4 is 16.4 Å². The van der Waals surface area contributed by atoms with Crippen LogP contribution in [0.3, 0.4) is 0 Å². The normalized spacial score (nSPS) is 10.2. The SMILES string of the molecule is CN(C)c1nc(N)nc(-c2ccc(N)cc2)n1. The Morgan fingerprint density at radius 3 is 2.18 bits per heavy atom. The lowest BCUT2D eigenvalue weighted by molar-refractivity contribution is 0.970. The highest BCUT2D eigenvalue weighted by Crippen LogP contribution is 2.18. The van der Waals surface area contributed by atoms with Crippen LogP contribution in [-0.2, 0) is 0 Å². The maximum atomic E-state index is 5.65. The van der Waals surface area contributed by atoms with Crippen LogP contribution in [0.15, 0.2) is 24.3 Å². The van der Waals surface area contributed by atoms with E-state index in [9.17, 15) is 0 Å². The van der Waals surface area contributed by atoms with Crippen LogP contribution in [-0.4, -0.2) is 29.0 Å². The van der Waals surface area contributed by atoms with Crippen molar-refractivity contribution in [2.75, 3.05) is 30.5 Å². The van der Waals surface area contributed by atoms with Gasteiger partial charge in [-0.15, -0.1) is 0 Å². The number of hydrogen-bond donors (Lipinski definition) is 2. The second-order valence-corrected chi connectivity index (χ2v) is 3.83. The third kappa shape index (κ3) is 2.41. The summed E-state index contributed by atoms with van der Waals surface area (Å²) in [5.41, 5.74) is 12.8. The Bertz CT molecular complexity index is 520. The molecular formula is C11H14N6. The summed E-state index contributed by atoms with van der Waals surface area (Å²) in [6.45, 7) is 0. The van der Waals surface area contributed by atoms with Gasteiger partial charge in [-0.3, -0.25) is 0 Å². The number of nitrogen functional groups attached to an aromatic ring is 2. The summed E-state index contributed by atoms with van der Waals surface area (Å²) < 4.78 is 0. The molecular weight excluding hydrogens is 216 g/mol. The Labute approximate surface area is 99.3 Å². The lowest BCUT2D eigenvalue weighted by Crippen LogP contribution is -2.15. The van der Waals surface area contributed by atoms with Gasteiger partial charge in [-0.05, 0) is 24.3 Å². The molecule has 0 atom stereocenters. The number of aromatic nitrogens is 3. The first-order valence-electron chi connectivity index (χ1n) is 5.11. The van der Waals surface area contributed by atoms with Gasteiger partial charge in [0.05, 0.1) is 0 Å². The van der Waals surface area contributed by atoms with Gasteiger partial charge in [-0.25, -0.2) is 0 Å². The first-order chi connectivity index (χ1) is 8.06. The summed E-state index contributed by atoms with van der Waals surface area (Å²) in [6.07, 6.45) is 0. The van der Waals surface area contributed by atoms with Crippen LogP contribution in [0.5, 0.6) is 0 Å². The fourth-order valence-corrected chi connectivity index (χ4v) is 1.34. The number of anilines is 3. The third-order valence-electron chi connectivity index (χ3n) is 2.21. The smallest absolute Gasteiger partial charge is 0.230 e. The van der Waals surface area contributed by atoms with Gasteiger partial charge in [0.1, 0.15) is 0 Å². The molecule has 0 unspecified atom stereocenters. The van der Waals surface area contributed by atoms with E-state index in [-0.39, 0.29) is 5.95 Å². The Balaban J connectivity index is 2.48. The Kier molecular flexibility index (Phi) is 2.78. The van der Waals surface area contributed by atoms with Gasteiger partial charge in [0.2, 0.25) is 11.9 Å². The van der Waals surface area contributed by atoms with Crippen molar-refractivity contribution in [3.05, 3.63) is 24.3 Å². The monoisotopic (exact) mass is 230 g/mol. The van der Waals surface area contributed by atoms with Crippen LogP contribution in [0, 0.1) is 0 Å². The molecule has 0 aliphatic heterocycles. The average Bonchev–Trinajstić information content (AvgIpc) is 2.29. The zero-order chi connectivity index (χ0) is 12.4. The fourth-order valence-electron chi connectivity index (χ4n) is 1.34. The topological polar surface area (TPSA) is 94.0 Å². The molecule has 0 saturated heterocycles. The van der Waals surface area contributed by atoms with E-state index in [0.717, 1.165) is 5.56 Å². The molecule has 0 bridgehead atoms. The highest BCUT2D eigenvalue weighted by molar-refractivity contribution is 5.60. The summed E-state index contributed by atoms with van der Waals surface area (Å²) in [5.74, 6) is 1.28. The Morgan fingerprint density at radius 2 is 1.59 bits per heavy atom. The zero-order valence-corrected chi connectivity index (χ0v) is 9.75. The largest absolute Gasteiger partial charge is 0.399 e. The Hall–Kier alpha value is -2.37. The minimum Gasteiger partial charge on any atom is -0.399 e. The van der Waals surface area contributed by atoms with Crippen molar-refractivity contribution in [2.45, 2.75) is 0 Å². The van der Waals surface area contributed by atoms with Gasteiger partial charge in [-0.2, -0.15) is 15.0 Å². The molecule has 17 heavy (non-hydrogen) atoms. The van der Waals surface area contributed by atoms with Crippen LogP contribution >= 0.6 is 0 Å². The van der Waals surface area contributed by atoms with Crippen molar-refractivity contribution < 1.29 is 0 Å². The molecule has 6 heteroatoms. The fraction of sp³-hybridized carbons (Fsp3) is 0.182. The quantitative estimate of drug-likeness (QED) is 0.740. The average molecular weight is 230 g/mol. The third-order valence-corrected chi connectivity index (χ3v) is 2.21. The van der Waals surface area contributed by atoms with Crippen LogP contribution in [0.1, 0.15) is 0 Å². The maximum Gasteiger partial charge on any atom is 0.230 e. The summed E-state index contributed by atoms with van der Waals surface area (Å²) in [5, 5.41) is 0. The van der Waals surface area contributed by atoms with Gasteiger partial charge in [0.15, 0.2) is 5.82 Å². The van der Waals surface area contributed by atoms with E-state index in [2.05, 4.69) is 15.0 Å². The first-order valence-corrected chi connectivity index (χ1v) is 5.11. The minimum absolute atomic E-state index is 0.204. The second kappa shape index (κ2) is 4.25. The summed E-state index contributed by atoms with van der Waals surface area (Å²) in [6, 6.07) is 7.29. The van der Waals surface area contributed by atoms with Gasteiger partial charge in [0, 0.05) is 25.3 Å². The molecule has 0 amide bonds. The number of nitrogens with two attached hydrogens (primary N) is 2. The molecule has 0 aliphatic rings. The molecule has 2 aromatic rings. The molecule has 0 saturated carbocycles. The number of hydrogen-bond acceptors (Lipinski definition) is 6.